The normalized spacial score (nSPS) is 13.4. The third-order valence-corrected chi connectivity index (χ3v) is 3.03. The van der Waals surface area contributed by atoms with Crippen molar-refractivity contribution >= 4 is 5.91 Å². The summed E-state index contributed by atoms with van der Waals surface area (Å²) >= 11 is 0. The second-order valence-electron chi connectivity index (χ2n) is 5.79. The highest BCUT2D eigenvalue weighted by Crippen LogP contribution is 2.17. The lowest BCUT2D eigenvalue weighted by Gasteiger charge is -2.39. The summed E-state index contributed by atoms with van der Waals surface area (Å²) in [6.45, 7) is 5.62. The van der Waals surface area contributed by atoms with E-state index in [-0.39, 0.29) is 11.8 Å². The van der Waals surface area contributed by atoms with Crippen molar-refractivity contribution in [2.45, 2.75) is 26.3 Å². The Morgan fingerprint density at radius 2 is 1.67 bits per heavy atom. The summed E-state index contributed by atoms with van der Waals surface area (Å²) in [6, 6.07) is 8.91. The summed E-state index contributed by atoms with van der Waals surface area (Å²) in [5, 5.41) is 13.6. The van der Waals surface area contributed by atoms with Gasteiger partial charge in [0.15, 0.2) is 0 Å². The molecule has 0 spiro atoms. The van der Waals surface area contributed by atoms with Gasteiger partial charge in [-0.05, 0) is 44.4 Å². The number of amides is 1. The quantitative estimate of drug-likeness (QED) is 0.683. The lowest BCUT2D eigenvalue weighted by Crippen LogP contribution is -2.55. The van der Waals surface area contributed by atoms with Gasteiger partial charge in [-0.15, -0.1) is 0 Å². The van der Waals surface area contributed by atoms with Crippen LogP contribution in [0.15, 0.2) is 66.1 Å². The van der Waals surface area contributed by atoms with Crippen LogP contribution in [0.25, 0.3) is 0 Å². The van der Waals surface area contributed by atoms with Gasteiger partial charge in [-0.2, -0.15) is 0 Å². The SMILES string of the molecule is CC(C)(C)N(NC([O-])=C1C=CC=C1)C(=O)c1ccccc1. The summed E-state index contributed by atoms with van der Waals surface area (Å²) < 4.78 is 0. The van der Waals surface area contributed by atoms with Crippen LogP contribution in [-0.4, -0.2) is 16.5 Å². The Hall–Kier alpha value is -2.49. The largest absolute Gasteiger partial charge is 0.859 e. The lowest BCUT2D eigenvalue weighted by atomic mass is 10.1. The van der Waals surface area contributed by atoms with Crippen LogP contribution in [0.5, 0.6) is 0 Å². The minimum Gasteiger partial charge on any atom is -0.859 e. The number of nitrogens with one attached hydrogen (secondary N) is 1. The van der Waals surface area contributed by atoms with Crippen molar-refractivity contribution in [2.24, 2.45) is 0 Å². The van der Waals surface area contributed by atoms with Crippen molar-refractivity contribution in [2.75, 3.05) is 0 Å². The molecule has 1 aromatic carbocycles. The highest BCUT2D eigenvalue weighted by atomic mass is 16.3. The van der Waals surface area contributed by atoms with Gasteiger partial charge in [0.1, 0.15) is 0 Å². The van der Waals surface area contributed by atoms with E-state index in [2.05, 4.69) is 5.43 Å². The Morgan fingerprint density at radius 1 is 1.10 bits per heavy atom. The van der Waals surface area contributed by atoms with Crippen LogP contribution < -0.4 is 10.5 Å². The van der Waals surface area contributed by atoms with Crippen LogP contribution in [0.4, 0.5) is 0 Å². The molecule has 1 aromatic rings. The van der Waals surface area contributed by atoms with E-state index in [9.17, 15) is 9.90 Å². The number of hydrogen-bond donors (Lipinski definition) is 1. The smallest absolute Gasteiger partial charge is 0.272 e. The molecule has 110 valence electrons. The fraction of sp³-hybridized carbons (Fsp3) is 0.235. The van der Waals surface area contributed by atoms with Gasteiger partial charge in [0, 0.05) is 5.56 Å². The zero-order valence-electron chi connectivity index (χ0n) is 12.5. The number of benzene rings is 1. The van der Waals surface area contributed by atoms with Crippen LogP contribution in [0.2, 0.25) is 0 Å². The van der Waals surface area contributed by atoms with E-state index in [0.717, 1.165) is 0 Å². The first kappa shape index (κ1) is 14.9. The molecule has 1 aliphatic rings. The number of hydrogen-bond acceptors (Lipinski definition) is 3. The predicted molar refractivity (Wildman–Crippen MR) is 80.8 cm³/mol. The van der Waals surface area contributed by atoms with E-state index in [1.807, 2.05) is 26.8 Å². The second-order valence-corrected chi connectivity index (χ2v) is 5.79. The van der Waals surface area contributed by atoms with Gasteiger partial charge in [-0.3, -0.25) is 4.79 Å². The van der Waals surface area contributed by atoms with E-state index < -0.39 is 5.54 Å². The molecule has 2 rings (SSSR count). The molecule has 4 nitrogen and oxygen atoms in total. The molecule has 21 heavy (non-hydrogen) atoms. The number of carbonyl (C=O) groups is 1. The topological polar surface area (TPSA) is 55.4 Å². The van der Waals surface area contributed by atoms with Crippen molar-refractivity contribution in [1.29, 1.82) is 0 Å². The molecule has 0 atom stereocenters. The summed E-state index contributed by atoms with van der Waals surface area (Å²) in [7, 11) is 0. The highest BCUT2D eigenvalue weighted by molar-refractivity contribution is 5.94. The molecule has 0 fully saturated rings. The van der Waals surface area contributed by atoms with Gasteiger partial charge >= 0.3 is 0 Å². The molecule has 0 aromatic heterocycles. The maximum atomic E-state index is 12.6. The van der Waals surface area contributed by atoms with Crippen LogP contribution in [0.1, 0.15) is 31.1 Å². The molecule has 1 aliphatic carbocycles. The first-order chi connectivity index (χ1) is 9.89. The van der Waals surface area contributed by atoms with E-state index >= 15 is 0 Å². The van der Waals surface area contributed by atoms with Crippen LogP contribution in [0.3, 0.4) is 0 Å². The number of allylic oxidation sites excluding steroid dienone is 5. The van der Waals surface area contributed by atoms with Crippen molar-refractivity contribution < 1.29 is 9.90 Å². The molecule has 4 heteroatoms. The van der Waals surface area contributed by atoms with Crippen molar-refractivity contribution in [3.8, 4) is 0 Å². The molecule has 0 saturated heterocycles. The summed E-state index contributed by atoms with van der Waals surface area (Å²) in [5.74, 6) is -0.526. The number of carbonyl (C=O) groups excluding carboxylic acids is 1. The van der Waals surface area contributed by atoms with Crippen molar-refractivity contribution in [1.82, 2.24) is 10.4 Å². The molecule has 0 aliphatic heterocycles. The fourth-order valence-electron chi connectivity index (χ4n) is 1.92. The molecule has 0 bridgehead atoms. The Balaban J connectivity index is 2.28. The van der Waals surface area contributed by atoms with Gasteiger partial charge in [0.05, 0.1) is 5.54 Å². The monoisotopic (exact) mass is 283 g/mol. The predicted octanol–water partition coefficient (Wildman–Crippen LogP) is 2.13. The minimum absolute atomic E-state index is 0.233. The molecule has 0 heterocycles. The van der Waals surface area contributed by atoms with Crippen LogP contribution >= 0.6 is 0 Å². The van der Waals surface area contributed by atoms with Crippen molar-refractivity contribution in [3.63, 3.8) is 0 Å². The Kier molecular flexibility index (Phi) is 4.17. The van der Waals surface area contributed by atoms with Gasteiger partial charge in [0.25, 0.3) is 5.91 Å². The molecule has 0 radical (unpaired) electrons. The molecular weight excluding hydrogens is 264 g/mol. The zero-order valence-corrected chi connectivity index (χ0v) is 12.5. The first-order valence-corrected chi connectivity index (χ1v) is 6.82. The summed E-state index contributed by atoms with van der Waals surface area (Å²) in [5.41, 5.74) is 3.24. The maximum absolute atomic E-state index is 12.6. The lowest BCUT2D eigenvalue weighted by molar-refractivity contribution is -0.320. The van der Waals surface area contributed by atoms with Crippen LogP contribution in [0, 0.1) is 0 Å². The fourth-order valence-corrected chi connectivity index (χ4v) is 1.92. The first-order valence-electron chi connectivity index (χ1n) is 6.82. The van der Waals surface area contributed by atoms with Crippen molar-refractivity contribution in [3.05, 3.63) is 71.7 Å². The molecule has 0 unspecified atom stereocenters. The second kappa shape index (κ2) is 5.87. The third kappa shape index (κ3) is 3.54. The van der Waals surface area contributed by atoms with Gasteiger partial charge in [-0.25, -0.2) is 5.01 Å². The average molecular weight is 283 g/mol. The maximum Gasteiger partial charge on any atom is 0.272 e. The zero-order chi connectivity index (χ0) is 15.5. The Labute approximate surface area is 125 Å². The molecule has 1 amide bonds. The van der Waals surface area contributed by atoms with Crippen LogP contribution in [-0.2, 0) is 0 Å². The van der Waals surface area contributed by atoms with Gasteiger partial charge < -0.3 is 10.5 Å². The van der Waals surface area contributed by atoms with E-state index in [1.165, 1.54) is 5.01 Å². The summed E-state index contributed by atoms with van der Waals surface area (Å²) in [4.78, 5) is 12.6. The average Bonchev–Trinajstić information content (AvgIpc) is 2.98. The number of rotatable bonds is 3. The van der Waals surface area contributed by atoms with E-state index in [1.54, 1.807) is 48.6 Å². The molecule has 0 saturated carbocycles. The standard InChI is InChI=1S/C17H20N2O2/c1-17(2,3)19(16(21)14-11-5-4-6-12-14)18-15(20)13-9-7-8-10-13/h4-12,18,20H,1-3H3/p-1. The number of hydrazine groups is 1. The Bertz CT molecular complexity index is 593. The molecular formula is C17H19N2O2-. The number of nitrogens with zero attached hydrogens (tertiary/aromatic N) is 1. The van der Waals surface area contributed by atoms with E-state index in [4.69, 9.17) is 0 Å². The Morgan fingerprint density at radius 3 is 2.19 bits per heavy atom. The van der Waals surface area contributed by atoms with Gasteiger partial charge in [-0.1, -0.05) is 42.5 Å². The van der Waals surface area contributed by atoms with Gasteiger partial charge in [0.2, 0.25) is 0 Å². The minimum atomic E-state index is -0.533. The molecule has 1 N–H and O–H groups in total. The summed E-state index contributed by atoms with van der Waals surface area (Å²) in [6.07, 6.45) is 7.00. The third-order valence-electron chi connectivity index (χ3n) is 3.03. The van der Waals surface area contributed by atoms with E-state index in [0.29, 0.717) is 11.1 Å². The highest BCUT2D eigenvalue weighted by Gasteiger charge is 2.27.